The number of ether oxygens (including phenoxy) is 1. The van der Waals surface area contributed by atoms with E-state index in [0.717, 1.165) is 5.56 Å². The van der Waals surface area contributed by atoms with E-state index in [4.69, 9.17) is 4.74 Å². The highest BCUT2D eigenvalue weighted by Crippen LogP contribution is 2.31. The number of amides is 3. The minimum absolute atomic E-state index is 0.0158. The summed E-state index contributed by atoms with van der Waals surface area (Å²) in [6.45, 7) is 1.90. The molecule has 8 heteroatoms. The maximum Gasteiger partial charge on any atom is 0.350 e. The number of thiol groups is 1. The van der Waals surface area contributed by atoms with Crippen LogP contribution in [0.1, 0.15) is 11.1 Å². The minimum atomic E-state index is -0.746. The summed E-state index contributed by atoms with van der Waals surface area (Å²) in [7, 11) is 1.52. The molecule has 2 heterocycles. The van der Waals surface area contributed by atoms with Crippen molar-refractivity contribution in [2.45, 2.75) is 11.8 Å². The van der Waals surface area contributed by atoms with Crippen molar-refractivity contribution < 1.29 is 14.3 Å². The van der Waals surface area contributed by atoms with Crippen molar-refractivity contribution in [3.05, 3.63) is 23.3 Å². The minimum Gasteiger partial charge on any atom is -0.495 e. The van der Waals surface area contributed by atoms with Crippen molar-refractivity contribution in [1.82, 2.24) is 5.32 Å². The van der Waals surface area contributed by atoms with E-state index in [1.165, 1.54) is 7.11 Å². The maximum absolute atomic E-state index is 11.7. The molecule has 3 amide bonds. The molecule has 7 nitrogen and oxygen atoms in total. The lowest BCUT2D eigenvalue weighted by Gasteiger charge is -2.11. The SMILES string of the molecule is COc1c(C2=NC3=NC(=O)NC(=O)C3=N2)ccc(C)c1S. The zero-order valence-corrected chi connectivity index (χ0v) is 12.1. The molecule has 0 fully saturated rings. The first-order chi connectivity index (χ1) is 10.0. The second-order valence-electron chi connectivity index (χ2n) is 4.40. The lowest BCUT2D eigenvalue weighted by Crippen LogP contribution is -2.41. The van der Waals surface area contributed by atoms with Gasteiger partial charge in [0.15, 0.2) is 17.4 Å². The molecule has 21 heavy (non-hydrogen) atoms. The Bertz CT molecular complexity index is 780. The third-order valence-electron chi connectivity index (χ3n) is 3.06. The number of amidine groups is 2. The number of methoxy groups -OCH3 is 1. The third-order valence-corrected chi connectivity index (χ3v) is 3.62. The lowest BCUT2D eigenvalue weighted by atomic mass is 10.1. The summed E-state index contributed by atoms with van der Waals surface area (Å²) in [6.07, 6.45) is 0. The number of nitrogens with zero attached hydrogens (tertiary/aromatic N) is 3. The third kappa shape index (κ3) is 2.13. The van der Waals surface area contributed by atoms with Gasteiger partial charge in [-0.2, -0.15) is 4.99 Å². The lowest BCUT2D eigenvalue weighted by molar-refractivity contribution is -0.113. The van der Waals surface area contributed by atoms with Gasteiger partial charge in [0.1, 0.15) is 5.75 Å². The number of carbonyl (C=O) groups excluding carboxylic acids is 2. The van der Waals surface area contributed by atoms with Gasteiger partial charge in [-0.3, -0.25) is 10.1 Å². The fourth-order valence-corrected chi connectivity index (χ4v) is 2.30. The van der Waals surface area contributed by atoms with Crippen molar-refractivity contribution in [3.8, 4) is 5.75 Å². The molecule has 0 unspecified atom stereocenters. The normalized spacial score (nSPS) is 16.8. The van der Waals surface area contributed by atoms with Crippen molar-refractivity contribution in [3.63, 3.8) is 0 Å². The van der Waals surface area contributed by atoms with E-state index < -0.39 is 11.9 Å². The highest BCUT2D eigenvalue weighted by Gasteiger charge is 2.32. The van der Waals surface area contributed by atoms with Gasteiger partial charge in [0.05, 0.1) is 12.7 Å². The van der Waals surface area contributed by atoms with E-state index in [9.17, 15) is 9.59 Å². The van der Waals surface area contributed by atoms with Gasteiger partial charge in [0.25, 0.3) is 5.91 Å². The van der Waals surface area contributed by atoms with Crippen molar-refractivity contribution in [1.29, 1.82) is 0 Å². The van der Waals surface area contributed by atoms with Crippen LogP contribution in [0.25, 0.3) is 0 Å². The summed E-state index contributed by atoms with van der Waals surface area (Å²) in [5.74, 6) is 0.177. The number of aryl methyl sites for hydroxylation is 1. The van der Waals surface area contributed by atoms with Gasteiger partial charge in [-0.25, -0.2) is 14.8 Å². The summed E-state index contributed by atoms with van der Waals surface area (Å²) in [6, 6.07) is 2.87. The number of carbonyl (C=O) groups is 2. The number of hydrogen-bond acceptors (Lipinski definition) is 6. The van der Waals surface area contributed by atoms with Gasteiger partial charge >= 0.3 is 6.03 Å². The van der Waals surface area contributed by atoms with Crippen LogP contribution >= 0.6 is 12.6 Å². The molecule has 0 aromatic heterocycles. The van der Waals surface area contributed by atoms with Gasteiger partial charge in [-0.05, 0) is 18.6 Å². The Morgan fingerprint density at radius 1 is 1.14 bits per heavy atom. The molecular weight excluding hydrogens is 292 g/mol. The number of fused-ring (bicyclic) bond motifs is 1. The largest absolute Gasteiger partial charge is 0.495 e. The fraction of sp³-hybridized carbons (Fsp3) is 0.154. The van der Waals surface area contributed by atoms with Gasteiger partial charge in [0.2, 0.25) is 0 Å². The molecule has 0 saturated heterocycles. The summed E-state index contributed by atoms with van der Waals surface area (Å²) < 4.78 is 5.34. The topological polar surface area (TPSA) is 92.5 Å². The molecule has 3 rings (SSSR count). The van der Waals surface area contributed by atoms with Crippen LogP contribution in [-0.2, 0) is 4.79 Å². The molecule has 0 bridgehead atoms. The Morgan fingerprint density at radius 2 is 1.90 bits per heavy atom. The molecule has 106 valence electrons. The maximum atomic E-state index is 11.7. The Balaban J connectivity index is 2.14. The molecule has 2 aliphatic heterocycles. The molecule has 0 aliphatic carbocycles. The quantitative estimate of drug-likeness (QED) is 0.802. The van der Waals surface area contributed by atoms with E-state index in [0.29, 0.717) is 16.2 Å². The number of aliphatic imine (C=N–C) groups is 3. The van der Waals surface area contributed by atoms with Gasteiger partial charge in [-0.15, -0.1) is 12.6 Å². The highest BCUT2D eigenvalue weighted by molar-refractivity contribution is 7.80. The number of benzene rings is 1. The zero-order chi connectivity index (χ0) is 15.1. The molecule has 1 aromatic carbocycles. The van der Waals surface area contributed by atoms with Crippen LogP contribution in [0.2, 0.25) is 0 Å². The summed E-state index contributed by atoms with van der Waals surface area (Å²) >= 11 is 4.40. The van der Waals surface area contributed by atoms with E-state index in [1.807, 2.05) is 13.0 Å². The monoisotopic (exact) mass is 302 g/mol. The standard InChI is InChI=1S/C13H10N4O3S/c1-5-3-4-6(8(20-2)9(5)21)10-14-7-11(15-10)16-13(19)17-12(7)18/h3-4,21H,1-2H3,(H,17,18,19). The van der Waals surface area contributed by atoms with Gasteiger partial charge in [0, 0.05) is 4.90 Å². The summed E-state index contributed by atoms with van der Waals surface area (Å²) in [5.41, 5.74) is 1.54. The first-order valence-electron chi connectivity index (χ1n) is 6.00. The van der Waals surface area contributed by atoms with Crippen LogP contribution in [0.3, 0.4) is 0 Å². The van der Waals surface area contributed by atoms with E-state index in [-0.39, 0.29) is 17.4 Å². The van der Waals surface area contributed by atoms with Crippen LogP contribution < -0.4 is 10.1 Å². The molecular formula is C13H10N4O3S. The molecule has 1 aromatic rings. The number of hydrogen-bond donors (Lipinski definition) is 2. The zero-order valence-electron chi connectivity index (χ0n) is 11.2. The molecule has 0 radical (unpaired) electrons. The molecule has 1 N–H and O–H groups in total. The summed E-state index contributed by atoms with van der Waals surface area (Å²) in [4.78, 5) is 35.4. The Kier molecular flexibility index (Phi) is 3.09. The average molecular weight is 302 g/mol. The Morgan fingerprint density at radius 3 is 2.62 bits per heavy atom. The van der Waals surface area contributed by atoms with E-state index in [2.05, 4.69) is 32.9 Å². The number of imide groups is 1. The van der Waals surface area contributed by atoms with Crippen LogP contribution in [-0.4, -0.2) is 36.4 Å². The van der Waals surface area contributed by atoms with Crippen LogP contribution in [0.4, 0.5) is 4.79 Å². The van der Waals surface area contributed by atoms with Crippen LogP contribution in [0.5, 0.6) is 5.75 Å². The fourth-order valence-electron chi connectivity index (χ4n) is 2.02. The first-order valence-corrected chi connectivity index (χ1v) is 6.44. The number of nitrogens with one attached hydrogen (secondary N) is 1. The van der Waals surface area contributed by atoms with E-state index in [1.54, 1.807) is 6.07 Å². The van der Waals surface area contributed by atoms with Crippen molar-refractivity contribution in [2.24, 2.45) is 15.0 Å². The van der Waals surface area contributed by atoms with Gasteiger partial charge < -0.3 is 4.74 Å². The van der Waals surface area contributed by atoms with Crippen LogP contribution in [0, 0.1) is 6.92 Å². The summed E-state index contributed by atoms with van der Waals surface area (Å²) in [5, 5.41) is 2.06. The highest BCUT2D eigenvalue weighted by atomic mass is 32.1. The van der Waals surface area contributed by atoms with E-state index >= 15 is 0 Å². The van der Waals surface area contributed by atoms with Gasteiger partial charge in [-0.1, -0.05) is 6.07 Å². The molecule has 0 saturated carbocycles. The predicted molar refractivity (Wildman–Crippen MR) is 79.9 cm³/mol. The first kappa shape index (κ1) is 13.5. The average Bonchev–Trinajstić information content (AvgIpc) is 2.85. The molecule has 0 spiro atoms. The molecule has 2 aliphatic rings. The number of urea groups is 1. The molecule has 0 atom stereocenters. The van der Waals surface area contributed by atoms with Crippen LogP contribution in [0.15, 0.2) is 32.0 Å². The number of rotatable bonds is 2. The smallest absolute Gasteiger partial charge is 0.350 e. The second-order valence-corrected chi connectivity index (χ2v) is 4.85. The predicted octanol–water partition coefficient (Wildman–Crippen LogP) is 1.14. The van der Waals surface area contributed by atoms with Crippen molar-refractivity contribution >= 4 is 42.0 Å². The van der Waals surface area contributed by atoms with Crippen molar-refractivity contribution in [2.75, 3.05) is 7.11 Å². The Labute approximate surface area is 125 Å². The second kappa shape index (κ2) is 4.81. The Hall–Kier alpha value is -2.48.